The summed E-state index contributed by atoms with van der Waals surface area (Å²) in [5, 5.41) is 4.44. The minimum atomic E-state index is -0.165. The summed E-state index contributed by atoms with van der Waals surface area (Å²) in [5.41, 5.74) is 3.31. The lowest BCUT2D eigenvalue weighted by Crippen LogP contribution is -2.36. The smallest absolute Gasteiger partial charge is 0.287 e. The number of rotatable bonds is 4. The van der Waals surface area contributed by atoms with Crippen LogP contribution in [0.3, 0.4) is 0 Å². The number of hydrogen-bond acceptors (Lipinski definition) is 2. The van der Waals surface area contributed by atoms with Crippen LogP contribution >= 0.6 is 23.2 Å². The Morgan fingerprint density at radius 2 is 1.46 bits per heavy atom. The van der Waals surface area contributed by atoms with Crippen molar-refractivity contribution in [3.8, 4) is 22.5 Å². The fourth-order valence-corrected chi connectivity index (χ4v) is 3.88. The molecule has 4 nitrogen and oxygen atoms in total. The normalized spacial score (nSPS) is 14.8. The zero-order chi connectivity index (χ0) is 19.5. The zero-order valence-corrected chi connectivity index (χ0v) is 16.9. The lowest BCUT2D eigenvalue weighted by atomic mass is 9.95. The van der Waals surface area contributed by atoms with E-state index in [-0.39, 0.29) is 11.9 Å². The molecular formula is C22H21Cl2N3O. The number of carbonyl (C=O) groups excluding carboxylic acids is 1. The van der Waals surface area contributed by atoms with Crippen molar-refractivity contribution in [2.24, 2.45) is 0 Å². The molecule has 1 aliphatic rings. The van der Waals surface area contributed by atoms with Crippen LogP contribution in [0.5, 0.6) is 0 Å². The average Bonchev–Trinajstić information content (AvgIpc) is 3.15. The summed E-state index contributed by atoms with van der Waals surface area (Å²) in [5.74, 6) is 0.155. The first-order chi connectivity index (χ1) is 13.6. The third-order valence-electron chi connectivity index (χ3n) is 5.11. The van der Waals surface area contributed by atoms with Gasteiger partial charge in [-0.3, -0.25) is 4.79 Å². The SMILES string of the molecule is O=C(NC1CCCCC1)c1nc(-c2ccc(Cl)cc2)c(-c2ccc(Cl)cc2)[nH]1. The summed E-state index contributed by atoms with van der Waals surface area (Å²) in [6, 6.07) is 15.1. The van der Waals surface area contributed by atoms with Crippen LogP contribution in [0.15, 0.2) is 48.5 Å². The molecule has 0 unspecified atom stereocenters. The van der Waals surface area contributed by atoms with Crippen LogP contribution in [0.25, 0.3) is 22.5 Å². The van der Waals surface area contributed by atoms with Gasteiger partial charge >= 0.3 is 0 Å². The van der Waals surface area contributed by atoms with E-state index in [1.165, 1.54) is 6.42 Å². The van der Waals surface area contributed by atoms with Gasteiger partial charge in [0.1, 0.15) is 0 Å². The first-order valence-corrected chi connectivity index (χ1v) is 10.3. The number of aromatic amines is 1. The maximum absolute atomic E-state index is 12.8. The number of H-pyrrole nitrogens is 1. The van der Waals surface area contributed by atoms with Crippen LogP contribution in [-0.4, -0.2) is 21.9 Å². The summed E-state index contributed by atoms with van der Waals surface area (Å²) in [6.07, 6.45) is 5.62. The van der Waals surface area contributed by atoms with Gasteiger partial charge in [0.05, 0.1) is 11.4 Å². The van der Waals surface area contributed by atoms with Gasteiger partial charge in [-0.15, -0.1) is 0 Å². The largest absolute Gasteiger partial charge is 0.347 e. The predicted octanol–water partition coefficient (Wildman–Crippen LogP) is 6.11. The minimum Gasteiger partial charge on any atom is -0.347 e. The number of nitrogens with zero attached hydrogens (tertiary/aromatic N) is 1. The van der Waals surface area contributed by atoms with E-state index in [0.29, 0.717) is 21.6 Å². The Labute approximate surface area is 174 Å². The monoisotopic (exact) mass is 413 g/mol. The second kappa shape index (κ2) is 8.38. The Bertz CT molecular complexity index is 895. The molecule has 0 aliphatic heterocycles. The van der Waals surface area contributed by atoms with Crippen molar-refractivity contribution < 1.29 is 4.79 Å². The fraction of sp³-hybridized carbons (Fsp3) is 0.273. The summed E-state index contributed by atoms with van der Waals surface area (Å²) < 4.78 is 0. The van der Waals surface area contributed by atoms with E-state index < -0.39 is 0 Å². The Hall–Kier alpha value is -2.30. The average molecular weight is 414 g/mol. The number of imidazole rings is 1. The maximum atomic E-state index is 12.8. The van der Waals surface area contributed by atoms with E-state index >= 15 is 0 Å². The molecular weight excluding hydrogens is 393 g/mol. The Morgan fingerprint density at radius 1 is 0.893 bits per heavy atom. The first-order valence-electron chi connectivity index (χ1n) is 9.53. The molecule has 1 amide bonds. The van der Waals surface area contributed by atoms with Gasteiger partial charge in [0.25, 0.3) is 5.91 Å². The highest BCUT2D eigenvalue weighted by Crippen LogP contribution is 2.31. The van der Waals surface area contributed by atoms with Crippen molar-refractivity contribution in [2.75, 3.05) is 0 Å². The van der Waals surface area contributed by atoms with E-state index in [1.54, 1.807) is 0 Å². The number of halogens is 2. The van der Waals surface area contributed by atoms with Crippen molar-refractivity contribution in [1.82, 2.24) is 15.3 Å². The van der Waals surface area contributed by atoms with Crippen LogP contribution in [0.4, 0.5) is 0 Å². The van der Waals surface area contributed by atoms with Crippen LogP contribution in [0.2, 0.25) is 10.0 Å². The molecule has 1 saturated carbocycles. The molecule has 2 aromatic carbocycles. The van der Waals surface area contributed by atoms with Crippen LogP contribution in [-0.2, 0) is 0 Å². The second-order valence-electron chi connectivity index (χ2n) is 7.13. The predicted molar refractivity (Wildman–Crippen MR) is 114 cm³/mol. The Morgan fingerprint density at radius 3 is 2.07 bits per heavy atom. The van der Waals surface area contributed by atoms with E-state index in [4.69, 9.17) is 23.2 Å². The number of nitrogens with one attached hydrogen (secondary N) is 2. The van der Waals surface area contributed by atoms with Gasteiger partial charge in [-0.25, -0.2) is 4.98 Å². The molecule has 0 spiro atoms. The van der Waals surface area contributed by atoms with E-state index in [2.05, 4.69) is 15.3 Å². The summed E-state index contributed by atoms with van der Waals surface area (Å²) >= 11 is 12.1. The molecule has 6 heteroatoms. The summed E-state index contributed by atoms with van der Waals surface area (Å²) in [4.78, 5) is 20.7. The number of aromatic nitrogens is 2. The van der Waals surface area contributed by atoms with Gasteiger partial charge in [0, 0.05) is 27.2 Å². The summed E-state index contributed by atoms with van der Waals surface area (Å²) in [7, 11) is 0. The topological polar surface area (TPSA) is 57.8 Å². The summed E-state index contributed by atoms with van der Waals surface area (Å²) in [6.45, 7) is 0. The number of hydrogen-bond donors (Lipinski definition) is 2. The quantitative estimate of drug-likeness (QED) is 0.541. The number of carbonyl (C=O) groups is 1. The second-order valence-corrected chi connectivity index (χ2v) is 8.00. The molecule has 144 valence electrons. The van der Waals surface area contributed by atoms with Gasteiger partial charge in [-0.2, -0.15) is 0 Å². The molecule has 1 aromatic heterocycles. The van der Waals surface area contributed by atoms with Gasteiger partial charge in [0.15, 0.2) is 5.82 Å². The lowest BCUT2D eigenvalue weighted by Gasteiger charge is -2.22. The maximum Gasteiger partial charge on any atom is 0.287 e. The zero-order valence-electron chi connectivity index (χ0n) is 15.3. The highest BCUT2D eigenvalue weighted by molar-refractivity contribution is 6.31. The Kier molecular flexibility index (Phi) is 5.69. The molecule has 28 heavy (non-hydrogen) atoms. The van der Waals surface area contributed by atoms with Crippen molar-refractivity contribution in [2.45, 2.75) is 38.1 Å². The lowest BCUT2D eigenvalue weighted by molar-refractivity contribution is 0.0918. The Balaban J connectivity index is 1.69. The molecule has 4 rings (SSSR count). The van der Waals surface area contributed by atoms with Crippen molar-refractivity contribution >= 4 is 29.1 Å². The highest BCUT2D eigenvalue weighted by Gasteiger charge is 2.21. The third-order valence-corrected chi connectivity index (χ3v) is 5.61. The molecule has 1 heterocycles. The first kappa shape index (κ1) is 19.0. The molecule has 1 aliphatic carbocycles. The van der Waals surface area contributed by atoms with E-state index in [1.807, 2.05) is 48.5 Å². The molecule has 1 fully saturated rings. The third kappa shape index (κ3) is 4.23. The highest BCUT2D eigenvalue weighted by atomic mass is 35.5. The van der Waals surface area contributed by atoms with Crippen molar-refractivity contribution in [1.29, 1.82) is 0 Å². The van der Waals surface area contributed by atoms with Gasteiger partial charge in [-0.1, -0.05) is 66.7 Å². The van der Waals surface area contributed by atoms with Crippen LogP contribution in [0, 0.1) is 0 Å². The molecule has 2 N–H and O–H groups in total. The molecule has 3 aromatic rings. The number of benzene rings is 2. The van der Waals surface area contributed by atoms with Crippen LogP contribution < -0.4 is 5.32 Å². The fourth-order valence-electron chi connectivity index (χ4n) is 3.62. The van der Waals surface area contributed by atoms with Gasteiger partial charge < -0.3 is 10.3 Å². The van der Waals surface area contributed by atoms with Crippen molar-refractivity contribution in [3.63, 3.8) is 0 Å². The molecule has 0 atom stereocenters. The standard InChI is InChI=1S/C22H21Cl2N3O/c23-16-10-6-14(7-11-16)19-20(15-8-12-17(24)13-9-15)27-21(26-19)22(28)25-18-4-2-1-3-5-18/h6-13,18H,1-5H2,(H,25,28)(H,26,27). The van der Waals surface area contributed by atoms with Crippen LogP contribution in [0.1, 0.15) is 42.7 Å². The molecule has 0 radical (unpaired) electrons. The molecule has 0 saturated heterocycles. The molecule has 0 bridgehead atoms. The van der Waals surface area contributed by atoms with Crippen molar-refractivity contribution in [3.05, 3.63) is 64.4 Å². The van der Waals surface area contributed by atoms with E-state index in [9.17, 15) is 4.79 Å². The van der Waals surface area contributed by atoms with Gasteiger partial charge in [0.2, 0.25) is 0 Å². The van der Waals surface area contributed by atoms with E-state index in [0.717, 1.165) is 42.5 Å². The minimum absolute atomic E-state index is 0.165. The number of amides is 1. The van der Waals surface area contributed by atoms with Gasteiger partial charge in [-0.05, 0) is 37.1 Å².